The lowest BCUT2D eigenvalue weighted by Gasteiger charge is -2.34. The first-order chi connectivity index (χ1) is 21.0. The number of sulfonamides is 1. The fraction of sp³-hybridized carbons (Fsp3) is 0.394. The Balaban J connectivity index is 1.63. The van der Waals surface area contributed by atoms with Crippen molar-refractivity contribution in [1.29, 1.82) is 0 Å². The molecule has 2 amide bonds. The molecule has 0 heterocycles. The van der Waals surface area contributed by atoms with E-state index in [1.54, 1.807) is 24.3 Å². The van der Waals surface area contributed by atoms with Gasteiger partial charge in [0.1, 0.15) is 11.9 Å². The SMILES string of the molecule is CS(=O)(=O)N(CCCC(=O)N(Cc1c(Cl)cccc1Cl)C(Cc1ccccc1)C(=O)NC1CCCCC1)c1ccccc1F. The van der Waals surface area contributed by atoms with Gasteiger partial charge in [-0.25, -0.2) is 12.8 Å². The number of amides is 2. The van der Waals surface area contributed by atoms with Gasteiger partial charge in [-0.15, -0.1) is 0 Å². The topological polar surface area (TPSA) is 86.8 Å². The number of carbonyl (C=O) groups excluding carboxylic acids is 2. The van der Waals surface area contributed by atoms with Gasteiger partial charge in [0.15, 0.2) is 0 Å². The minimum atomic E-state index is -3.84. The summed E-state index contributed by atoms with van der Waals surface area (Å²) in [5.41, 5.74) is 1.30. The van der Waals surface area contributed by atoms with Crippen LogP contribution in [-0.2, 0) is 32.6 Å². The van der Waals surface area contributed by atoms with Crippen LogP contribution >= 0.6 is 23.2 Å². The monoisotopic (exact) mass is 661 g/mol. The lowest BCUT2D eigenvalue weighted by atomic mass is 9.94. The molecule has 1 N–H and O–H groups in total. The summed E-state index contributed by atoms with van der Waals surface area (Å²) in [6.45, 7) is -0.139. The maximum Gasteiger partial charge on any atom is 0.243 e. The number of hydrogen-bond donors (Lipinski definition) is 1. The summed E-state index contributed by atoms with van der Waals surface area (Å²) in [6.07, 6.45) is 6.22. The van der Waals surface area contributed by atoms with Crippen molar-refractivity contribution < 1.29 is 22.4 Å². The van der Waals surface area contributed by atoms with Crippen molar-refractivity contribution in [1.82, 2.24) is 10.2 Å². The minimum absolute atomic E-state index is 0.0178. The van der Waals surface area contributed by atoms with Crippen LogP contribution in [0.4, 0.5) is 10.1 Å². The van der Waals surface area contributed by atoms with Crippen molar-refractivity contribution in [2.24, 2.45) is 0 Å². The van der Waals surface area contributed by atoms with Crippen molar-refractivity contribution >= 4 is 50.7 Å². The summed E-state index contributed by atoms with van der Waals surface area (Å²) in [7, 11) is -3.84. The molecule has 1 saturated carbocycles. The molecule has 3 aromatic carbocycles. The minimum Gasteiger partial charge on any atom is -0.352 e. The molecule has 1 atom stereocenters. The van der Waals surface area contributed by atoms with E-state index in [9.17, 15) is 22.4 Å². The molecule has 44 heavy (non-hydrogen) atoms. The van der Waals surface area contributed by atoms with E-state index in [2.05, 4.69) is 5.32 Å². The quantitative estimate of drug-likeness (QED) is 0.219. The molecule has 0 spiro atoms. The van der Waals surface area contributed by atoms with Gasteiger partial charge in [-0.2, -0.15) is 0 Å². The lowest BCUT2D eigenvalue weighted by molar-refractivity contribution is -0.141. The Morgan fingerprint density at radius 1 is 0.932 bits per heavy atom. The Morgan fingerprint density at radius 2 is 1.57 bits per heavy atom. The number of nitrogens with one attached hydrogen (secondary N) is 1. The van der Waals surface area contributed by atoms with Crippen LogP contribution in [0.3, 0.4) is 0 Å². The molecule has 1 fully saturated rings. The van der Waals surface area contributed by atoms with Crippen LogP contribution in [-0.4, -0.2) is 50.0 Å². The highest BCUT2D eigenvalue weighted by molar-refractivity contribution is 7.92. The van der Waals surface area contributed by atoms with Gasteiger partial charge in [-0.1, -0.05) is 91.0 Å². The van der Waals surface area contributed by atoms with Gasteiger partial charge in [0.25, 0.3) is 0 Å². The molecule has 1 unspecified atom stereocenters. The summed E-state index contributed by atoms with van der Waals surface area (Å²) < 4.78 is 40.7. The second-order valence-electron chi connectivity index (χ2n) is 11.2. The number of hydrogen-bond acceptors (Lipinski definition) is 4. The van der Waals surface area contributed by atoms with Crippen LogP contribution in [0.25, 0.3) is 0 Å². The molecule has 1 aliphatic carbocycles. The second-order valence-corrected chi connectivity index (χ2v) is 13.9. The first kappa shape index (κ1) is 33.7. The lowest BCUT2D eigenvalue weighted by Crippen LogP contribution is -2.53. The van der Waals surface area contributed by atoms with Gasteiger partial charge in [0.2, 0.25) is 21.8 Å². The van der Waals surface area contributed by atoms with Crippen LogP contribution < -0.4 is 9.62 Å². The van der Waals surface area contributed by atoms with Crippen molar-refractivity contribution in [2.45, 2.75) is 70.0 Å². The van der Waals surface area contributed by atoms with Crippen LogP contribution in [0, 0.1) is 5.82 Å². The van der Waals surface area contributed by atoms with Crippen LogP contribution in [0.15, 0.2) is 72.8 Å². The molecular formula is C33H38Cl2FN3O4S. The second kappa shape index (κ2) is 15.7. The Hall–Kier alpha value is -3.14. The third-order valence-corrected chi connectivity index (χ3v) is 9.77. The van der Waals surface area contributed by atoms with Gasteiger partial charge >= 0.3 is 0 Å². The largest absolute Gasteiger partial charge is 0.352 e. The van der Waals surface area contributed by atoms with Crippen LogP contribution in [0.2, 0.25) is 10.0 Å². The summed E-state index contributed by atoms with van der Waals surface area (Å²) in [4.78, 5) is 29.5. The third kappa shape index (κ3) is 9.19. The zero-order valence-corrected chi connectivity index (χ0v) is 27.1. The van der Waals surface area contributed by atoms with Crippen molar-refractivity contribution in [3.05, 3.63) is 99.8 Å². The third-order valence-electron chi connectivity index (χ3n) is 7.89. The highest BCUT2D eigenvalue weighted by atomic mass is 35.5. The fourth-order valence-corrected chi connectivity index (χ4v) is 7.07. The van der Waals surface area contributed by atoms with E-state index in [0.29, 0.717) is 15.6 Å². The number of nitrogens with zero attached hydrogens (tertiary/aromatic N) is 2. The summed E-state index contributed by atoms with van der Waals surface area (Å²) in [6, 6.07) is 19.3. The zero-order chi connectivity index (χ0) is 31.7. The zero-order valence-electron chi connectivity index (χ0n) is 24.7. The van der Waals surface area contributed by atoms with Crippen LogP contribution in [0.1, 0.15) is 56.1 Å². The molecule has 0 saturated heterocycles. The molecule has 0 aliphatic heterocycles. The van der Waals surface area contributed by atoms with Gasteiger partial charge in [0, 0.05) is 47.6 Å². The predicted molar refractivity (Wildman–Crippen MR) is 174 cm³/mol. The van der Waals surface area contributed by atoms with Gasteiger partial charge < -0.3 is 10.2 Å². The van der Waals surface area contributed by atoms with Gasteiger partial charge in [0.05, 0.1) is 11.9 Å². The molecule has 7 nitrogen and oxygen atoms in total. The standard InChI is InChI=1S/C33H38Cl2FN3O4S/c1-44(42,43)39(30-19-9-8-18-29(30)36)21-11-20-32(40)38(23-26-27(34)16-10-17-28(26)35)31(22-24-12-4-2-5-13-24)33(41)37-25-14-6-3-7-15-25/h2,4-5,8-10,12-13,16-19,25,31H,3,6-7,11,14-15,20-23H2,1H3,(H,37,41). The average molecular weight is 663 g/mol. The van der Waals surface area contributed by atoms with E-state index in [-0.39, 0.29) is 55.9 Å². The molecule has 0 aromatic heterocycles. The fourth-order valence-electron chi connectivity index (χ4n) is 5.59. The number of halogens is 3. The summed E-state index contributed by atoms with van der Waals surface area (Å²) in [5.74, 6) is -1.31. The number of anilines is 1. The molecule has 4 rings (SSSR count). The molecule has 0 radical (unpaired) electrons. The smallest absolute Gasteiger partial charge is 0.243 e. The number of rotatable bonds is 13. The average Bonchev–Trinajstić information content (AvgIpc) is 2.99. The molecular weight excluding hydrogens is 624 g/mol. The van der Waals surface area contributed by atoms with Crippen molar-refractivity contribution in [3.63, 3.8) is 0 Å². The maximum atomic E-state index is 14.5. The van der Waals surface area contributed by atoms with E-state index in [1.165, 1.54) is 23.1 Å². The first-order valence-electron chi connectivity index (χ1n) is 14.8. The number of benzene rings is 3. The van der Waals surface area contributed by atoms with E-state index >= 15 is 0 Å². The Labute approximate surface area is 269 Å². The Kier molecular flexibility index (Phi) is 12.1. The molecule has 1 aliphatic rings. The van der Waals surface area contributed by atoms with Crippen molar-refractivity contribution in [2.75, 3.05) is 17.1 Å². The van der Waals surface area contributed by atoms with E-state index in [1.807, 2.05) is 30.3 Å². The van der Waals surface area contributed by atoms with Crippen molar-refractivity contribution in [3.8, 4) is 0 Å². The van der Waals surface area contributed by atoms with Gasteiger partial charge in [-0.3, -0.25) is 13.9 Å². The van der Waals surface area contributed by atoms with E-state index in [0.717, 1.165) is 48.2 Å². The maximum absolute atomic E-state index is 14.5. The highest BCUT2D eigenvalue weighted by Gasteiger charge is 2.33. The molecule has 236 valence electrons. The Morgan fingerprint density at radius 3 is 2.20 bits per heavy atom. The first-order valence-corrected chi connectivity index (χ1v) is 17.4. The summed E-state index contributed by atoms with van der Waals surface area (Å²) >= 11 is 13.1. The van der Waals surface area contributed by atoms with E-state index in [4.69, 9.17) is 23.2 Å². The molecule has 3 aromatic rings. The van der Waals surface area contributed by atoms with Crippen LogP contribution in [0.5, 0.6) is 0 Å². The number of carbonyl (C=O) groups is 2. The predicted octanol–water partition coefficient (Wildman–Crippen LogP) is 6.77. The highest BCUT2D eigenvalue weighted by Crippen LogP contribution is 2.28. The molecule has 11 heteroatoms. The van der Waals surface area contributed by atoms with E-state index < -0.39 is 21.9 Å². The normalized spacial score (nSPS) is 14.5. The summed E-state index contributed by atoms with van der Waals surface area (Å²) in [5, 5.41) is 3.91. The Bertz CT molecular complexity index is 1510. The van der Waals surface area contributed by atoms with Gasteiger partial charge in [-0.05, 0) is 49.1 Å². The number of para-hydroxylation sites is 1. The molecule has 0 bridgehead atoms.